The van der Waals surface area contributed by atoms with E-state index in [0.29, 0.717) is 11.3 Å². The van der Waals surface area contributed by atoms with Crippen molar-refractivity contribution in [1.29, 1.82) is 0 Å². The van der Waals surface area contributed by atoms with Crippen molar-refractivity contribution in [2.24, 2.45) is 0 Å². The van der Waals surface area contributed by atoms with Crippen LogP contribution in [-0.4, -0.2) is 51.7 Å². The maximum absolute atomic E-state index is 13.4. The van der Waals surface area contributed by atoms with E-state index in [1.807, 2.05) is 60.7 Å². The van der Waals surface area contributed by atoms with Gasteiger partial charge in [-0.25, -0.2) is 4.79 Å². The fourth-order valence-corrected chi connectivity index (χ4v) is 5.34. The van der Waals surface area contributed by atoms with Gasteiger partial charge in [-0.2, -0.15) is 0 Å². The Morgan fingerprint density at radius 1 is 1.09 bits per heavy atom. The van der Waals surface area contributed by atoms with E-state index in [1.54, 1.807) is 0 Å². The molecule has 33 heavy (non-hydrogen) atoms. The molecule has 0 saturated carbocycles. The van der Waals surface area contributed by atoms with Crippen LogP contribution >= 0.6 is 11.8 Å². The van der Waals surface area contributed by atoms with Crippen LogP contribution in [0.1, 0.15) is 30.6 Å². The second-order valence-corrected chi connectivity index (χ2v) is 9.18. The molecule has 170 valence electrons. The molecule has 0 bridgehead atoms. The number of nitrogens with zero attached hydrogens (tertiary/aromatic N) is 1. The summed E-state index contributed by atoms with van der Waals surface area (Å²) in [4.78, 5) is 50.8. The van der Waals surface area contributed by atoms with Crippen molar-refractivity contribution in [3.63, 3.8) is 0 Å². The van der Waals surface area contributed by atoms with E-state index in [2.05, 4.69) is 11.9 Å². The minimum atomic E-state index is -0.931. The number of Topliss-reactive ketones (excluding diaryl/α,β-unsaturated/α-hetero) is 1. The minimum absolute atomic E-state index is 0.282. The van der Waals surface area contributed by atoms with Gasteiger partial charge in [0.2, 0.25) is 11.8 Å². The quantitative estimate of drug-likeness (QED) is 0.293. The lowest BCUT2D eigenvalue weighted by Gasteiger charge is -2.52. The first kappa shape index (κ1) is 22.8. The fraction of sp³-hybridized carbons (Fsp3) is 0.280. The normalized spacial score (nSPS) is 21.8. The standard InChI is InChI=1S/C25H24N2O5S/c1-15-14-33-24-20(26-19(29)13-16(2)28)23(30)27(24)21(15)25(31)32-22(17-9-5-3-6-10-17)18-11-7-4-8-12-18/h3-12,20-22,24H,1,13-14H2,2H3,(H,26,29)/t20-,21-,24+/m1/s1. The van der Waals surface area contributed by atoms with E-state index in [9.17, 15) is 19.2 Å². The van der Waals surface area contributed by atoms with Gasteiger partial charge in [0.15, 0.2) is 12.1 Å². The molecular weight excluding hydrogens is 440 g/mol. The van der Waals surface area contributed by atoms with E-state index in [0.717, 1.165) is 11.1 Å². The first-order chi connectivity index (χ1) is 15.9. The lowest BCUT2D eigenvalue weighted by atomic mass is 9.97. The Kier molecular flexibility index (Phi) is 6.65. The van der Waals surface area contributed by atoms with Gasteiger partial charge in [-0.15, -0.1) is 11.8 Å². The molecule has 3 atom stereocenters. The lowest BCUT2D eigenvalue weighted by Crippen LogP contribution is -2.74. The van der Waals surface area contributed by atoms with Gasteiger partial charge in [0.25, 0.3) is 0 Å². The first-order valence-electron chi connectivity index (χ1n) is 10.6. The minimum Gasteiger partial charge on any atom is -0.451 e. The van der Waals surface area contributed by atoms with Crippen LogP contribution in [0.3, 0.4) is 0 Å². The second-order valence-electron chi connectivity index (χ2n) is 8.07. The predicted octanol–water partition coefficient (Wildman–Crippen LogP) is 2.62. The number of rotatable bonds is 7. The lowest BCUT2D eigenvalue weighted by molar-refractivity contribution is -0.165. The Labute approximate surface area is 196 Å². The van der Waals surface area contributed by atoms with Crippen LogP contribution in [0.4, 0.5) is 0 Å². The molecular formula is C25H24N2O5S. The summed E-state index contributed by atoms with van der Waals surface area (Å²) in [6.07, 6.45) is -0.919. The van der Waals surface area contributed by atoms with Gasteiger partial charge in [-0.3, -0.25) is 14.4 Å². The highest BCUT2D eigenvalue weighted by Gasteiger charge is 2.56. The van der Waals surface area contributed by atoms with Crippen LogP contribution in [0, 0.1) is 0 Å². The molecule has 2 aliphatic heterocycles. The number of ketones is 1. The summed E-state index contributed by atoms with van der Waals surface area (Å²) in [5.74, 6) is -1.28. The summed E-state index contributed by atoms with van der Waals surface area (Å²) in [6, 6.07) is 17.1. The molecule has 2 amide bonds. The molecule has 0 aromatic heterocycles. The fourth-order valence-electron chi connectivity index (χ4n) is 4.03. The zero-order chi connectivity index (χ0) is 23.5. The van der Waals surface area contributed by atoms with Crippen LogP contribution in [0.25, 0.3) is 0 Å². The molecule has 2 aliphatic rings. The van der Waals surface area contributed by atoms with Gasteiger partial charge >= 0.3 is 5.97 Å². The molecule has 7 nitrogen and oxygen atoms in total. The number of β-lactam (4-membered cyclic amide) rings is 1. The van der Waals surface area contributed by atoms with Gasteiger partial charge in [0.1, 0.15) is 17.2 Å². The molecule has 1 N–H and O–H groups in total. The summed E-state index contributed by atoms with van der Waals surface area (Å²) in [5, 5.41) is 2.20. The van der Waals surface area contributed by atoms with Crippen molar-refractivity contribution in [2.45, 2.75) is 36.9 Å². The summed E-state index contributed by atoms with van der Waals surface area (Å²) < 4.78 is 5.97. The Morgan fingerprint density at radius 2 is 1.67 bits per heavy atom. The molecule has 0 radical (unpaired) electrons. The number of carbonyl (C=O) groups excluding carboxylic acids is 4. The molecule has 2 aromatic rings. The van der Waals surface area contributed by atoms with E-state index in [4.69, 9.17) is 4.74 Å². The number of fused-ring (bicyclic) bond motifs is 1. The van der Waals surface area contributed by atoms with Gasteiger partial charge in [0.05, 0.1) is 6.42 Å². The number of nitrogens with one attached hydrogen (secondary N) is 1. The molecule has 2 aromatic carbocycles. The average molecular weight is 465 g/mol. The third kappa shape index (κ3) is 4.71. The van der Waals surface area contributed by atoms with Crippen molar-refractivity contribution in [1.82, 2.24) is 10.2 Å². The number of benzene rings is 2. The zero-order valence-electron chi connectivity index (χ0n) is 18.1. The number of amides is 2. The number of hydrogen-bond donors (Lipinski definition) is 1. The number of ether oxygens (including phenoxy) is 1. The summed E-state index contributed by atoms with van der Waals surface area (Å²) in [5.41, 5.74) is 2.20. The zero-order valence-corrected chi connectivity index (χ0v) is 18.9. The molecule has 0 spiro atoms. The van der Waals surface area contributed by atoms with E-state index < -0.39 is 35.4 Å². The third-order valence-electron chi connectivity index (χ3n) is 5.57. The highest BCUT2D eigenvalue weighted by Crippen LogP contribution is 2.41. The van der Waals surface area contributed by atoms with Crippen molar-refractivity contribution in [2.75, 3.05) is 5.75 Å². The van der Waals surface area contributed by atoms with Crippen molar-refractivity contribution >= 4 is 35.3 Å². The van der Waals surface area contributed by atoms with Crippen LogP contribution in [0.15, 0.2) is 72.8 Å². The highest BCUT2D eigenvalue weighted by atomic mass is 32.2. The number of esters is 1. The summed E-state index contributed by atoms with van der Waals surface area (Å²) in [7, 11) is 0. The second kappa shape index (κ2) is 9.62. The monoisotopic (exact) mass is 464 g/mol. The van der Waals surface area contributed by atoms with E-state index >= 15 is 0 Å². The maximum Gasteiger partial charge on any atom is 0.334 e. The smallest absolute Gasteiger partial charge is 0.334 e. The highest BCUT2D eigenvalue weighted by molar-refractivity contribution is 8.00. The van der Waals surface area contributed by atoms with Gasteiger partial charge in [-0.05, 0) is 23.6 Å². The van der Waals surface area contributed by atoms with Gasteiger partial charge in [0, 0.05) is 5.75 Å². The molecule has 0 aliphatic carbocycles. The Balaban J connectivity index is 1.53. The predicted molar refractivity (Wildman–Crippen MR) is 124 cm³/mol. The van der Waals surface area contributed by atoms with Gasteiger partial charge in [-0.1, -0.05) is 67.2 Å². The van der Waals surface area contributed by atoms with Crippen LogP contribution in [0.2, 0.25) is 0 Å². The molecule has 2 saturated heterocycles. The first-order valence-corrected chi connectivity index (χ1v) is 11.6. The number of hydrogen-bond acceptors (Lipinski definition) is 6. The molecule has 0 unspecified atom stereocenters. The van der Waals surface area contributed by atoms with Crippen molar-refractivity contribution in [3.05, 3.63) is 83.9 Å². The van der Waals surface area contributed by atoms with E-state index in [-0.39, 0.29) is 18.1 Å². The van der Waals surface area contributed by atoms with E-state index in [1.165, 1.54) is 23.6 Å². The molecule has 2 heterocycles. The topological polar surface area (TPSA) is 92.8 Å². The van der Waals surface area contributed by atoms with Crippen molar-refractivity contribution < 1.29 is 23.9 Å². The van der Waals surface area contributed by atoms with Gasteiger partial charge < -0.3 is 15.0 Å². The number of thioether (sulfide) groups is 1. The average Bonchev–Trinajstić information content (AvgIpc) is 2.81. The Morgan fingerprint density at radius 3 is 2.21 bits per heavy atom. The number of carbonyl (C=O) groups is 4. The maximum atomic E-state index is 13.4. The Bertz CT molecular complexity index is 1050. The van der Waals surface area contributed by atoms with Crippen molar-refractivity contribution in [3.8, 4) is 0 Å². The molecule has 4 rings (SSSR count). The molecule has 8 heteroatoms. The van der Waals surface area contributed by atoms with Crippen LogP contribution in [0.5, 0.6) is 0 Å². The van der Waals surface area contributed by atoms with Crippen LogP contribution < -0.4 is 5.32 Å². The Hall–Kier alpha value is -3.39. The summed E-state index contributed by atoms with van der Waals surface area (Å²) >= 11 is 1.42. The largest absolute Gasteiger partial charge is 0.451 e. The van der Waals surface area contributed by atoms with Crippen LogP contribution in [-0.2, 0) is 23.9 Å². The summed E-state index contributed by atoms with van der Waals surface area (Å²) in [6.45, 7) is 5.32. The third-order valence-corrected chi connectivity index (χ3v) is 6.95. The molecule has 2 fully saturated rings. The SMILES string of the molecule is C=C1CS[C@H]2[C@H](NC(=O)CC(C)=O)C(=O)N2[C@H]1C(=O)OC(c1ccccc1)c1ccccc1.